The van der Waals surface area contributed by atoms with Crippen LogP contribution in [0.25, 0.3) is 0 Å². The van der Waals surface area contributed by atoms with Gasteiger partial charge in [-0.3, -0.25) is 4.90 Å². The van der Waals surface area contributed by atoms with Crippen LogP contribution >= 0.6 is 0 Å². The highest BCUT2D eigenvalue weighted by Gasteiger charge is 2.34. The summed E-state index contributed by atoms with van der Waals surface area (Å²) in [5, 5.41) is 0. The van der Waals surface area contributed by atoms with Crippen molar-refractivity contribution < 1.29 is 4.74 Å². The number of hydrogen-bond acceptors (Lipinski definition) is 3. The first kappa shape index (κ1) is 18.9. The van der Waals surface area contributed by atoms with Crippen molar-refractivity contribution in [2.24, 2.45) is 23.0 Å². The van der Waals surface area contributed by atoms with Crippen LogP contribution in [-0.2, 0) is 4.74 Å². The number of methoxy groups -OCH3 is 1. The van der Waals surface area contributed by atoms with Gasteiger partial charge in [0.05, 0.1) is 6.61 Å². The molecule has 1 atom stereocenters. The summed E-state index contributed by atoms with van der Waals surface area (Å²) in [6.07, 6.45) is 5.39. The summed E-state index contributed by atoms with van der Waals surface area (Å²) in [4.78, 5) is 2.56. The minimum absolute atomic E-state index is 0.455. The molecule has 126 valence electrons. The zero-order valence-corrected chi connectivity index (χ0v) is 15.2. The second-order valence-corrected chi connectivity index (χ2v) is 8.11. The lowest BCUT2D eigenvalue weighted by atomic mass is 9.68. The third kappa shape index (κ3) is 5.54. The summed E-state index contributed by atoms with van der Waals surface area (Å²) in [6, 6.07) is 1.05. The maximum Gasteiger partial charge on any atom is 0.0589 e. The smallest absolute Gasteiger partial charge is 0.0589 e. The van der Waals surface area contributed by atoms with Gasteiger partial charge in [-0.1, -0.05) is 20.8 Å². The molecule has 3 nitrogen and oxygen atoms in total. The van der Waals surface area contributed by atoms with Crippen LogP contribution in [0.2, 0.25) is 0 Å². The molecule has 2 N–H and O–H groups in total. The van der Waals surface area contributed by atoms with E-state index in [2.05, 4.69) is 39.5 Å². The number of ether oxygens (including phenoxy) is 1. The zero-order valence-electron chi connectivity index (χ0n) is 15.2. The average Bonchev–Trinajstić information content (AvgIpc) is 2.42. The molecule has 0 heterocycles. The van der Waals surface area contributed by atoms with Gasteiger partial charge < -0.3 is 10.5 Å². The fourth-order valence-corrected chi connectivity index (χ4v) is 3.97. The molecule has 0 aromatic carbocycles. The second-order valence-electron chi connectivity index (χ2n) is 8.11. The molecule has 0 aromatic rings. The van der Waals surface area contributed by atoms with Crippen molar-refractivity contribution in [3.63, 3.8) is 0 Å². The lowest BCUT2D eigenvalue weighted by Crippen LogP contribution is -2.51. The van der Waals surface area contributed by atoms with Crippen molar-refractivity contribution in [3.8, 4) is 0 Å². The third-order valence-corrected chi connectivity index (χ3v) is 5.43. The molecule has 0 amide bonds. The van der Waals surface area contributed by atoms with E-state index in [9.17, 15) is 0 Å². The first-order valence-corrected chi connectivity index (χ1v) is 8.76. The van der Waals surface area contributed by atoms with E-state index in [1.807, 2.05) is 0 Å². The molecule has 0 bridgehead atoms. The largest absolute Gasteiger partial charge is 0.383 e. The molecule has 1 unspecified atom stereocenters. The quantitative estimate of drug-likeness (QED) is 0.781. The van der Waals surface area contributed by atoms with Crippen molar-refractivity contribution in [2.45, 2.75) is 72.4 Å². The van der Waals surface area contributed by atoms with Gasteiger partial charge in [0.25, 0.3) is 0 Å². The van der Waals surface area contributed by atoms with E-state index in [0.29, 0.717) is 17.5 Å². The van der Waals surface area contributed by atoms with Crippen LogP contribution in [0.4, 0.5) is 0 Å². The van der Waals surface area contributed by atoms with E-state index in [4.69, 9.17) is 10.5 Å². The molecule has 0 spiro atoms. The monoisotopic (exact) mass is 298 g/mol. The van der Waals surface area contributed by atoms with Gasteiger partial charge in [0.1, 0.15) is 0 Å². The van der Waals surface area contributed by atoms with Gasteiger partial charge in [-0.2, -0.15) is 0 Å². The number of rotatable bonds is 7. The topological polar surface area (TPSA) is 38.5 Å². The van der Waals surface area contributed by atoms with E-state index >= 15 is 0 Å². The maximum atomic E-state index is 6.15. The third-order valence-electron chi connectivity index (χ3n) is 5.43. The van der Waals surface area contributed by atoms with Gasteiger partial charge in [-0.15, -0.1) is 0 Å². The number of nitrogens with zero attached hydrogens (tertiary/aromatic N) is 1. The molecule has 0 saturated heterocycles. The van der Waals surface area contributed by atoms with Gasteiger partial charge in [-0.05, 0) is 56.8 Å². The Hall–Kier alpha value is -0.120. The van der Waals surface area contributed by atoms with Crippen LogP contribution in [-0.4, -0.2) is 43.8 Å². The van der Waals surface area contributed by atoms with Crippen molar-refractivity contribution in [1.29, 1.82) is 0 Å². The predicted octanol–water partition coefficient (Wildman–Crippen LogP) is 3.52. The fraction of sp³-hybridized carbons (Fsp3) is 1.00. The lowest BCUT2D eigenvalue weighted by Gasteiger charge is -2.44. The number of hydrogen-bond donors (Lipinski definition) is 1. The highest BCUT2D eigenvalue weighted by molar-refractivity contribution is 4.88. The molecule has 1 aliphatic rings. The Morgan fingerprint density at radius 3 is 2.10 bits per heavy atom. The standard InChI is InChI=1S/C18H38N2O/c1-14(2)20(11-12-21-6)17(13-19)15-7-9-16(10-8-15)18(3,4)5/h14-17H,7-13,19H2,1-6H3. The first-order chi connectivity index (χ1) is 9.81. The number of nitrogens with two attached hydrogens (primary N) is 1. The summed E-state index contributed by atoms with van der Waals surface area (Å²) in [5.74, 6) is 1.63. The minimum Gasteiger partial charge on any atom is -0.383 e. The summed E-state index contributed by atoms with van der Waals surface area (Å²) < 4.78 is 5.28. The normalized spacial score (nSPS) is 25.6. The summed E-state index contributed by atoms with van der Waals surface area (Å²) in [6.45, 7) is 14.3. The van der Waals surface area contributed by atoms with Crippen molar-refractivity contribution >= 4 is 0 Å². The van der Waals surface area contributed by atoms with Gasteiger partial charge in [0.2, 0.25) is 0 Å². The van der Waals surface area contributed by atoms with E-state index in [1.165, 1.54) is 25.7 Å². The molecule has 3 heteroatoms. The van der Waals surface area contributed by atoms with E-state index in [1.54, 1.807) is 7.11 Å². The molecular formula is C18H38N2O. The maximum absolute atomic E-state index is 6.15. The van der Waals surface area contributed by atoms with Gasteiger partial charge in [0, 0.05) is 32.3 Å². The lowest BCUT2D eigenvalue weighted by molar-refractivity contribution is 0.0448. The van der Waals surface area contributed by atoms with Gasteiger partial charge in [0.15, 0.2) is 0 Å². The molecule has 1 fully saturated rings. The Bertz CT molecular complexity index is 277. The van der Waals surface area contributed by atoms with Crippen LogP contribution in [0.1, 0.15) is 60.3 Å². The van der Waals surface area contributed by atoms with Gasteiger partial charge in [-0.25, -0.2) is 0 Å². The van der Waals surface area contributed by atoms with E-state index in [-0.39, 0.29) is 0 Å². The Morgan fingerprint density at radius 2 is 1.71 bits per heavy atom. The van der Waals surface area contributed by atoms with Gasteiger partial charge >= 0.3 is 0 Å². The summed E-state index contributed by atoms with van der Waals surface area (Å²) in [7, 11) is 1.78. The summed E-state index contributed by atoms with van der Waals surface area (Å²) >= 11 is 0. The van der Waals surface area contributed by atoms with Crippen LogP contribution in [0.5, 0.6) is 0 Å². The molecule has 0 radical (unpaired) electrons. The Morgan fingerprint density at radius 1 is 1.14 bits per heavy atom. The second kappa shape index (κ2) is 8.50. The van der Waals surface area contributed by atoms with Crippen LogP contribution in [0.15, 0.2) is 0 Å². The molecule has 0 aromatic heterocycles. The minimum atomic E-state index is 0.455. The van der Waals surface area contributed by atoms with Crippen LogP contribution < -0.4 is 5.73 Å². The molecule has 21 heavy (non-hydrogen) atoms. The fourth-order valence-electron chi connectivity index (χ4n) is 3.97. The average molecular weight is 299 g/mol. The molecule has 1 saturated carbocycles. The first-order valence-electron chi connectivity index (χ1n) is 8.76. The Balaban J connectivity index is 2.63. The van der Waals surface area contributed by atoms with Crippen LogP contribution in [0, 0.1) is 17.3 Å². The van der Waals surface area contributed by atoms with Crippen molar-refractivity contribution in [1.82, 2.24) is 4.90 Å². The SMILES string of the molecule is COCCN(C(C)C)C(CN)C1CCC(C(C)(C)C)CC1. The molecular weight excluding hydrogens is 260 g/mol. The molecule has 1 rings (SSSR count). The highest BCUT2D eigenvalue weighted by atomic mass is 16.5. The van der Waals surface area contributed by atoms with Crippen molar-refractivity contribution in [2.75, 3.05) is 26.8 Å². The van der Waals surface area contributed by atoms with E-state index in [0.717, 1.165) is 31.5 Å². The molecule has 1 aliphatic carbocycles. The molecule has 0 aliphatic heterocycles. The Labute approximate surface area is 132 Å². The van der Waals surface area contributed by atoms with Crippen LogP contribution in [0.3, 0.4) is 0 Å². The Kier molecular flexibility index (Phi) is 7.66. The summed E-state index contributed by atoms with van der Waals surface area (Å²) in [5.41, 5.74) is 6.61. The van der Waals surface area contributed by atoms with E-state index < -0.39 is 0 Å². The predicted molar refractivity (Wildman–Crippen MR) is 91.5 cm³/mol. The highest BCUT2D eigenvalue weighted by Crippen LogP contribution is 2.41. The van der Waals surface area contributed by atoms with Crippen molar-refractivity contribution in [3.05, 3.63) is 0 Å². The zero-order chi connectivity index (χ0) is 16.0.